The summed E-state index contributed by atoms with van der Waals surface area (Å²) in [6.07, 6.45) is -3.83. The second kappa shape index (κ2) is 12.8. The minimum absolute atomic E-state index is 0.0320. The van der Waals surface area contributed by atoms with Gasteiger partial charge in [0.1, 0.15) is 23.2 Å². The van der Waals surface area contributed by atoms with Gasteiger partial charge in [-0.2, -0.15) is 13.2 Å². The number of benzene rings is 3. The van der Waals surface area contributed by atoms with Crippen LogP contribution in [-0.4, -0.2) is 51.8 Å². The van der Waals surface area contributed by atoms with Crippen LogP contribution in [0.15, 0.2) is 65.1 Å². The van der Waals surface area contributed by atoms with Gasteiger partial charge in [-0.1, -0.05) is 19.1 Å². The molecule has 0 bridgehead atoms. The van der Waals surface area contributed by atoms with Crippen molar-refractivity contribution in [3.63, 3.8) is 0 Å². The van der Waals surface area contributed by atoms with Crippen LogP contribution in [0.25, 0.3) is 33.4 Å². The number of rotatable bonds is 11. The number of amides is 1. The Morgan fingerprint density at radius 1 is 1.02 bits per heavy atom. The molecule has 0 saturated heterocycles. The third-order valence-electron chi connectivity index (χ3n) is 6.95. The van der Waals surface area contributed by atoms with Crippen molar-refractivity contribution >= 4 is 38.4 Å². The van der Waals surface area contributed by atoms with E-state index in [9.17, 15) is 40.0 Å². The molecule has 0 unspecified atom stereocenters. The molecule has 0 radical (unpaired) electrons. The molecule has 0 aliphatic carbocycles. The quantitative estimate of drug-likeness (QED) is 0.138. The average Bonchev–Trinajstić information content (AvgIpc) is 3.34. The van der Waals surface area contributed by atoms with Crippen molar-refractivity contribution in [2.75, 3.05) is 23.8 Å². The molecule has 4 rings (SSSR count). The molecule has 1 atom stereocenters. The van der Waals surface area contributed by atoms with Gasteiger partial charge < -0.3 is 9.73 Å². The maximum absolute atomic E-state index is 13.7. The van der Waals surface area contributed by atoms with Crippen molar-refractivity contribution in [3.8, 4) is 22.5 Å². The second-order valence-corrected chi connectivity index (χ2v) is 12.1. The standard InChI is InChI=1S/C31H29F5N2O5S/c1-4-26(39)28-24-16-23(20-7-5-8-21(15-20)30(40)37-18(2)31(34,35)36)25(38(14-6-13-32)44(3,41)42)17-27(24)43-29(28)19-9-11-22(33)12-10-19/h5,7-12,15-18H,4,6,13-14H2,1-3H3,(H,37,40)/t18-/m0/s1. The Kier molecular flexibility index (Phi) is 9.47. The predicted molar refractivity (Wildman–Crippen MR) is 157 cm³/mol. The molecule has 4 aromatic rings. The van der Waals surface area contributed by atoms with Gasteiger partial charge in [-0.05, 0) is 61.4 Å². The van der Waals surface area contributed by atoms with E-state index in [2.05, 4.69) is 0 Å². The van der Waals surface area contributed by atoms with Crippen LogP contribution < -0.4 is 9.62 Å². The highest BCUT2D eigenvalue weighted by Crippen LogP contribution is 2.42. The van der Waals surface area contributed by atoms with Gasteiger partial charge in [-0.25, -0.2) is 12.8 Å². The smallest absolute Gasteiger partial charge is 0.408 e. The number of Topliss-reactive ketones (excluding diaryl/α,β-unsaturated/α-hetero) is 1. The fourth-order valence-corrected chi connectivity index (χ4v) is 5.66. The van der Waals surface area contributed by atoms with Gasteiger partial charge >= 0.3 is 6.18 Å². The topological polar surface area (TPSA) is 96.7 Å². The van der Waals surface area contributed by atoms with Gasteiger partial charge in [0.25, 0.3) is 5.91 Å². The molecule has 3 aromatic carbocycles. The number of nitrogens with zero attached hydrogens (tertiary/aromatic N) is 1. The number of ketones is 1. The van der Waals surface area contributed by atoms with Crippen molar-refractivity contribution in [1.29, 1.82) is 0 Å². The van der Waals surface area contributed by atoms with Crippen molar-refractivity contribution in [3.05, 3.63) is 77.6 Å². The Bertz CT molecular complexity index is 1800. The number of anilines is 1. The third kappa shape index (κ3) is 6.93. The highest BCUT2D eigenvalue weighted by Gasteiger charge is 2.37. The number of carbonyl (C=O) groups is 2. The molecular weight excluding hydrogens is 607 g/mol. The lowest BCUT2D eigenvalue weighted by molar-refractivity contribution is -0.149. The second-order valence-electron chi connectivity index (χ2n) is 10.2. The first-order chi connectivity index (χ1) is 20.6. The Labute approximate surface area is 250 Å². The summed E-state index contributed by atoms with van der Waals surface area (Å²) in [6.45, 7) is 1.36. The van der Waals surface area contributed by atoms with Crippen LogP contribution in [0.5, 0.6) is 0 Å². The number of halogens is 5. The first-order valence-electron chi connectivity index (χ1n) is 13.6. The van der Waals surface area contributed by atoms with Gasteiger partial charge in [0.05, 0.1) is 24.2 Å². The number of carbonyl (C=O) groups excluding carboxylic acids is 2. The molecule has 7 nitrogen and oxygen atoms in total. The lowest BCUT2D eigenvalue weighted by Crippen LogP contribution is -2.43. The largest absolute Gasteiger partial charge is 0.455 e. The minimum Gasteiger partial charge on any atom is -0.455 e. The van der Waals surface area contributed by atoms with E-state index >= 15 is 0 Å². The first kappa shape index (κ1) is 32.6. The SMILES string of the molecule is CCC(=O)c1c(-c2ccc(F)cc2)oc2cc(N(CCCF)S(C)(=O)=O)c(-c3cccc(C(=O)N[C@@H](C)C(F)(F)F)c3)cc12. The van der Waals surface area contributed by atoms with Gasteiger partial charge in [-0.15, -0.1) is 0 Å². The molecule has 234 valence electrons. The Balaban J connectivity index is 2.00. The molecule has 0 aliphatic heterocycles. The van der Waals surface area contributed by atoms with E-state index in [1.54, 1.807) is 6.92 Å². The summed E-state index contributed by atoms with van der Waals surface area (Å²) in [5, 5.41) is 2.18. The molecule has 44 heavy (non-hydrogen) atoms. The van der Waals surface area contributed by atoms with Gasteiger partial charge in [0.2, 0.25) is 10.0 Å². The van der Waals surface area contributed by atoms with Gasteiger partial charge in [0.15, 0.2) is 5.78 Å². The third-order valence-corrected chi connectivity index (χ3v) is 8.13. The van der Waals surface area contributed by atoms with E-state index in [1.165, 1.54) is 60.7 Å². The Morgan fingerprint density at radius 2 is 1.70 bits per heavy atom. The molecule has 1 heterocycles. The monoisotopic (exact) mass is 636 g/mol. The summed E-state index contributed by atoms with van der Waals surface area (Å²) in [7, 11) is -4.02. The summed E-state index contributed by atoms with van der Waals surface area (Å²) in [4.78, 5) is 26.0. The van der Waals surface area contributed by atoms with Crippen molar-refractivity contribution < 1.29 is 44.4 Å². The van der Waals surface area contributed by atoms with Crippen LogP contribution in [0.3, 0.4) is 0 Å². The Morgan fingerprint density at radius 3 is 2.30 bits per heavy atom. The molecular formula is C31H29F5N2O5S. The minimum atomic E-state index is -4.68. The zero-order chi connectivity index (χ0) is 32.4. The van der Waals surface area contributed by atoms with Crippen molar-refractivity contribution in [2.24, 2.45) is 0 Å². The summed E-state index contributed by atoms with van der Waals surface area (Å²) in [6, 6.07) is 11.5. The average molecular weight is 637 g/mol. The number of fused-ring (bicyclic) bond motifs is 1. The summed E-state index contributed by atoms with van der Waals surface area (Å²) in [5.74, 6) is -1.73. The van der Waals surface area contributed by atoms with Crippen LogP contribution in [0.2, 0.25) is 0 Å². The van der Waals surface area contributed by atoms with E-state index in [1.807, 2.05) is 5.32 Å². The number of hydrogen-bond acceptors (Lipinski definition) is 5. The van der Waals surface area contributed by atoms with Crippen LogP contribution in [-0.2, 0) is 10.0 Å². The summed E-state index contributed by atoms with van der Waals surface area (Å²) in [5.41, 5.74) is 0.982. The normalized spacial score (nSPS) is 12.7. The highest BCUT2D eigenvalue weighted by atomic mass is 32.2. The number of hydrogen-bond donors (Lipinski definition) is 1. The molecule has 0 aliphatic rings. The van der Waals surface area contributed by atoms with Gasteiger partial charge in [-0.3, -0.25) is 18.3 Å². The molecule has 0 fully saturated rings. The van der Waals surface area contributed by atoms with Gasteiger partial charge in [0, 0.05) is 41.1 Å². The van der Waals surface area contributed by atoms with Crippen LogP contribution in [0, 0.1) is 5.82 Å². The molecule has 0 spiro atoms. The van der Waals surface area contributed by atoms with E-state index < -0.39 is 40.6 Å². The highest BCUT2D eigenvalue weighted by molar-refractivity contribution is 7.92. The molecule has 13 heteroatoms. The number of furan rings is 1. The summed E-state index contributed by atoms with van der Waals surface area (Å²) >= 11 is 0. The van der Waals surface area contributed by atoms with Crippen molar-refractivity contribution in [2.45, 2.75) is 38.9 Å². The van der Waals surface area contributed by atoms with Crippen LogP contribution >= 0.6 is 0 Å². The number of nitrogens with one attached hydrogen (secondary N) is 1. The lowest BCUT2D eigenvalue weighted by atomic mass is 9.95. The molecule has 0 saturated carbocycles. The van der Waals surface area contributed by atoms with E-state index in [0.29, 0.717) is 5.56 Å². The lowest BCUT2D eigenvalue weighted by Gasteiger charge is -2.25. The number of alkyl halides is 4. The fourth-order valence-electron chi connectivity index (χ4n) is 4.69. The van der Waals surface area contributed by atoms with E-state index in [0.717, 1.165) is 17.5 Å². The fraction of sp³-hybridized carbons (Fsp3) is 0.290. The van der Waals surface area contributed by atoms with Crippen molar-refractivity contribution in [1.82, 2.24) is 5.32 Å². The van der Waals surface area contributed by atoms with E-state index in [4.69, 9.17) is 4.42 Å². The zero-order valence-corrected chi connectivity index (χ0v) is 24.8. The van der Waals surface area contributed by atoms with Crippen LogP contribution in [0.1, 0.15) is 47.4 Å². The van der Waals surface area contributed by atoms with Crippen LogP contribution in [0.4, 0.5) is 27.6 Å². The number of sulfonamides is 1. The first-order valence-corrected chi connectivity index (χ1v) is 15.4. The maximum atomic E-state index is 13.7. The molecule has 1 aromatic heterocycles. The Hall–Kier alpha value is -4.26. The summed E-state index contributed by atoms with van der Waals surface area (Å²) < 4.78 is 99.1. The zero-order valence-electron chi connectivity index (χ0n) is 24.0. The molecule has 1 amide bonds. The predicted octanol–water partition coefficient (Wildman–Crippen LogP) is 7.30. The maximum Gasteiger partial charge on any atom is 0.408 e. The molecule has 1 N–H and O–H groups in total. The van der Waals surface area contributed by atoms with E-state index in [-0.39, 0.29) is 69.8 Å².